The Bertz CT molecular complexity index is 471. The molecule has 5 heteroatoms. The first kappa shape index (κ1) is 15.0. The number of hydrogen-bond donors (Lipinski definition) is 2. The fourth-order valence-corrected chi connectivity index (χ4v) is 1.53. The van der Waals surface area contributed by atoms with Crippen LogP contribution in [-0.4, -0.2) is 29.6 Å². The summed E-state index contributed by atoms with van der Waals surface area (Å²) in [4.78, 5) is 22.3. The zero-order valence-electron chi connectivity index (χ0n) is 11.4. The lowest BCUT2D eigenvalue weighted by molar-refractivity contribution is -0.142. The van der Waals surface area contributed by atoms with E-state index in [1.54, 1.807) is 13.0 Å². The van der Waals surface area contributed by atoms with Gasteiger partial charge < -0.3 is 15.2 Å². The van der Waals surface area contributed by atoms with Crippen LogP contribution in [0.4, 0.5) is 0 Å². The van der Waals surface area contributed by atoms with Gasteiger partial charge in [-0.05, 0) is 43.5 Å². The number of aryl methyl sites for hydroxylation is 2. The maximum atomic E-state index is 11.5. The molecule has 0 aromatic heterocycles. The summed E-state index contributed by atoms with van der Waals surface area (Å²) in [7, 11) is 0. The lowest BCUT2D eigenvalue weighted by Gasteiger charge is -2.13. The van der Waals surface area contributed by atoms with Crippen molar-refractivity contribution in [2.75, 3.05) is 6.61 Å². The quantitative estimate of drug-likeness (QED) is 0.820. The smallest absolute Gasteiger partial charge is 0.326 e. The molecule has 2 N–H and O–H groups in total. The number of benzene rings is 1. The number of nitrogens with one attached hydrogen (secondary N) is 1. The highest BCUT2D eigenvalue weighted by atomic mass is 16.5. The molecule has 0 bridgehead atoms. The van der Waals surface area contributed by atoms with Crippen LogP contribution in [0.5, 0.6) is 5.75 Å². The fraction of sp³-hybridized carbons (Fsp3) is 0.429. The summed E-state index contributed by atoms with van der Waals surface area (Å²) in [5, 5.41) is 11.2. The van der Waals surface area contributed by atoms with Crippen LogP contribution in [0.2, 0.25) is 0 Å². The van der Waals surface area contributed by atoms with Gasteiger partial charge in [0.15, 0.2) is 6.61 Å². The van der Waals surface area contributed by atoms with Gasteiger partial charge in [-0.2, -0.15) is 0 Å². The molecule has 0 spiro atoms. The number of aliphatic carboxylic acids is 1. The Morgan fingerprint density at radius 1 is 1.32 bits per heavy atom. The van der Waals surface area contributed by atoms with E-state index in [9.17, 15) is 9.59 Å². The molecule has 1 aromatic carbocycles. The van der Waals surface area contributed by atoms with Crippen LogP contribution < -0.4 is 10.1 Å². The SMILES string of the molecule is CC[C@H](NC(=O)COc1ccc(C)c(C)c1)C(=O)O. The zero-order chi connectivity index (χ0) is 14.4. The Labute approximate surface area is 112 Å². The minimum Gasteiger partial charge on any atom is -0.484 e. The van der Waals surface area contributed by atoms with Gasteiger partial charge in [0.1, 0.15) is 11.8 Å². The molecular weight excluding hydrogens is 246 g/mol. The molecule has 0 aliphatic heterocycles. The van der Waals surface area contributed by atoms with Crippen molar-refractivity contribution in [1.82, 2.24) is 5.32 Å². The highest BCUT2D eigenvalue weighted by Crippen LogP contribution is 2.16. The minimum absolute atomic E-state index is 0.188. The third-order valence-corrected chi connectivity index (χ3v) is 2.89. The summed E-state index contributed by atoms with van der Waals surface area (Å²) < 4.78 is 5.32. The molecular formula is C14H19NO4. The van der Waals surface area contributed by atoms with Crippen LogP contribution in [0.15, 0.2) is 18.2 Å². The Morgan fingerprint density at radius 3 is 2.53 bits per heavy atom. The van der Waals surface area contributed by atoms with Gasteiger partial charge in [-0.3, -0.25) is 4.79 Å². The van der Waals surface area contributed by atoms with Crippen molar-refractivity contribution >= 4 is 11.9 Å². The first-order chi connectivity index (χ1) is 8.93. The molecule has 1 amide bonds. The molecule has 1 aromatic rings. The summed E-state index contributed by atoms with van der Waals surface area (Å²) >= 11 is 0. The van der Waals surface area contributed by atoms with Gasteiger partial charge in [-0.25, -0.2) is 4.79 Å². The number of carbonyl (C=O) groups excluding carboxylic acids is 1. The van der Waals surface area contributed by atoms with Gasteiger partial charge >= 0.3 is 5.97 Å². The Kier molecular flexibility index (Phi) is 5.36. The normalized spacial score (nSPS) is 11.7. The van der Waals surface area contributed by atoms with E-state index in [1.165, 1.54) is 0 Å². The van der Waals surface area contributed by atoms with Gasteiger partial charge in [0.05, 0.1) is 0 Å². The highest BCUT2D eigenvalue weighted by molar-refractivity contribution is 5.84. The minimum atomic E-state index is -1.04. The molecule has 0 heterocycles. The molecule has 1 atom stereocenters. The number of rotatable bonds is 6. The number of hydrogen-bond acceptors (Lipinski definition) is 3. The summed E-state index contributed by atoms with van der Waals surface area (Å²) in [6.45, 7) is 5.46. The Morgan fingerprint density at radius 2 is 2.00 bits per heavy atom. The van der Waals surface area contributed by atoms with Gasteiger partial charge in [0.2, 0.25) is 0 Å². The number of carboxylic acid groups (broad SMARTS) is 1. The van der Waals surface area contributed by atoms with E-state index in [0.29, 0.717) is 12.2 Å². The molecule has 0 saturated carbocycles. The maximum absolute atomic E-state index is 11.5. The molecule has 0 radical (unpaired) electrons. The average molecular weight is 265 g/mol. The van der Waals surface area contributed by atoms with E-state index in [1.807, 2.05) is 26.0 Å². The number of carbonyl (C=O) groups is 2. The van der Waals surface area contributed by atoms with Gasteiger partial charge in [0, 0.05) is 0 Å². The summed E-state index contributed by atoms with van der Waals surface area (Å²) in [6.07, 6.45) is 0.338. The van der Waals surface area contributed by atoms with Crippen LogP contribution in [0.25, 0.3) is 0 Å². The molecule has 104 valence electrons. The monoisotopic (exact) mass is 265 g/mol. The zero-order valence-corrected chi connectivity index (χ0v) is 11.4. The molecule has 0 fully saturated rings. The van der Waals surface area contributed by atoms with E-state index < -0.39 is 17.9 Å². The van der Waals surface area contributed by atoms with Crippen molar-refractivity contribution in [3.05, 3.63) is 29.3 Å². The molecule has 0 aliphatic carbocycles. The van der Waals surface area contributed by atoms with Crippen LogP contribution in [0.1, 0.15) is 24.5 Å². The van der Waals surface area contributed by atoms with E-state index in [-0.39, 0.29) is 6.61 Å². The van der Waals surface area contributed by atoms with E-state index in [0.717, 1.165) is 11.1 Å². The molecule has 0 unspecified atom stereocenters. The second kappa shape index (κ2) is 6.78. The molecule has 5 nitrogen and oxygen atoms in total. The van der Waals surface area contributed by atoms with Crippen LogP contribution in [0, 0.1) is 13.8 Å². The van der Waals surface area contributed by atoms with Crippen molar-refractivity contribution in [3.8, 4) is 5.75 Å². The molecule has 0 saturated heterocycles. The average Bonchev–Trinajstić information content (AvgIpc) is 2.37. The van der Waals surface area contributed by atoms with Crippen molar-refractivity contribution in [1.29, 1.82) is 0 Å². The third kappa shape index (κ3) is 4.62. The second-order valence-electron chi connectivity index (χ2n) is 4.40. The molecule has 1 rings (SSSR count). The molecule has 19 heavy (non-hydrogen) atoms. The first-order valence-corrected chi connectivity index (χ1v) is 6.16. The fourth-order valence-electron chi connectivity index (χ4n) is 1.53. The lowest BCUT2D eigenvalue weighted by Crippen LogP contribution is -2.42. The predicted octanol–water partition coefficient (Wildman–Crippen LogP) is 1.66. The highest BCUT2D eigenvalue weighted by Gasteiger charge is 2.17. The van der Waals surface area contributed by atoms with Crippen molar-refractivity contribution in [2.24, 2.45) is 0 Å². The Hall–Kier alpha value is -2.04. The summed E-state index contributed by atoms with van der Waals surface area (Å²) in [6, 6.07) is 4.67. The van der Waals surface area contributed by atoms with Gasteiger partial charge in [-0.15, -0.1) is 0 Å². The van der Waals surface area contributed by atoms with Gasteiger partial charge in [0.25, 0.3) is 5.91 Å². The maximum Gasteiger partial charge on any atom is 0.326 e. The van der Waals surface area contributed by atoms with E-state index >= 15 is 0 Å². The largest absolute Gasteiger partial charge is 0.484 e. The number of ether oxygens (including phenoxy) is 1. The topological polar surface area (TPSA) is 75.6 Å². The van der Waals surface area contributed by atoms with Crippen molar-refractivity contribution in [3.63, 3.8) is 0 Å². The third-order valence-electron chi connectivity index (χ3n) is 2.89. The van der Waals surface area contributed by atoms with Crippen LogP contribution in [-0.2, 0) is 9.59 Å². The van der Waals surface area contributed by atoms with Gasteiger partial charge in [-0.1, -0.05) is 13.0 Å². The van der Waals surface area contributed by atoms with E-state index in [2.05, 4.69) is 5.32 Å². The summed E-state index contributed by atoms with van der Waals surface area (Å²) in [5.41, 5.74) is 2.23. The standard InChI is InChI=1S/C14H19NO4/c1-4-12(14(17)18)15-13(16)8-19-11-6-5-9(2)10(3)7-11/h5-7,12H,4,8H2,1-3H3,(H,15,16)(H,17,18)/t12-/m0/s1. The first-order valence-electron chi connectivity index (χ1n) is 6.16. The summed E-state index contributed by atoms with van der Waals surface area (Å²) in [5.74, 6) is -0.879. The Balaban J connectivity index is 2.49. The van der Waals surface area contributed by atoms with Crippen molar-refractivity contribution < 1.29 is 19.4 Å². The molecule has 0 aliphatic rings. The second-order valence-corrected chi connectivity index (χ2v) is 4.40. The van der Waals surface area contributed by atoms with Crippen molar-refractivity contribution in [2.45, 2.75) is 33.2 Å². The lowest BCUT2D eigenvalue weighted by atomic mass is 10.1. The number of carboxylic acids is 1. The van der Waals surface area contributed by atoms with Crippen LogP contribution in [0.3, 0.4) is 0 Å². The number of amides is 1. The van der Waals surface area contributed by atoms with E-state index in [4.69, 9.17) is 9.84 Å². The van der Waals surface area contributed by atoms with Crippen LogP contribution >= 0.6 is 0 Å². The predicted molar refractivity (Wildman–Crippen MR) is 71.3 cm³/mol.